The minimum absolute atomic E-state index is 0.0775. The Bertz CT molecular complexity index is 303. The summed E-state index contributed by atoms with van der Waals surface area (Å²) in [5.74, 6) is -1.27. The molecule has 1 unspecified atom stereocenters. The molecule has 0 saturated carbocycles. The maximum Gasteiger partial charge on any atom is 0.254 e. The van der Waals surface area contributed by atoms with E-state index in [0.29, 0.717) is 0 Å². The largest absolute Gasteiger partial charge is 0.396 e. The van der Waals surface area contributed by atoms with E-state index >= 15 is 0 Å². The summed E-state index contributed by atoms with van der Waals surface area (Å²) in [4.78, 5) is 34.5. The molecule has 15 heavy (non-hydrogen) atoms. The first-order chi connectivity index (χ1) is 7.04. The number of imide groups is 1. The van der Waals surface area contributed by atoms with Crippen LogP contribution in [0.15, 0.2) is 12.2 Å². The summed E-state index contributed by atoms with van der Waals surface area (Å²) in [6.45, 7) is 1.45. The molecule has 0 radical (unpaired) electrons. The van der Waals surface area contributed by atoms with Gasteiger partial charge in [-0.2, -0.15) is 0 Å². The van der Waals surface area contributed by atoms with Gasteiger partial charge in [-0.05, 0) is 5.92 Å². The standard InChI is InChI=1S/C10H13NO4/c1-7(6-12)4-8(13)5-11-9(14)2-3-10(11)15/h2-3,7,12H,4-6H2,1H3. The summed E-state index contributed by atoms with van der Waals surface area (Å²) >= 11 is 0. The van der Waals surface area contributed by atoms with Gasteiger partial charge in [0.05, 0.1) is 6.54 Å². The van der Waals surface area contributed by atoms with Crippen LogP contribution in [0.2, 0.25) is 0 Å². The number of nitrogens with zero attached hydrogens (tertiary/aromatic N) is 1. The van der Waals surface area contributed by atoms with Crippen molar-refractivity contribution in [1.29, 1.82) is 0 Å². The van der Waals surface area contributed by atoms with Crippen molar-refractivity contribution in [2.45, 2.75) is 13.3 Å². The van der Waals surface area contributed by atoms with Crippen LogP contribution in [-0.2, 0) is 14.4 Å². The molecule has 0 fully saturated rings. The van der Waals surface area contributed by atoms with Crippen molar-refractivity contribution in [3.8, 4) is 0 Å². The van der Waals surface area contributed by atoms with E-state index in [1.54, 1.807) is 6.92 Å². The Morgan fingerprint density at radius 3 is 2.40 bits per heavy atom. The van der Waals surface area contributed by atoms with Gasteiger partial charge in [-0.25, -0.2) is 0 Å². The van der Waals surface area contributed by atoms with Crippen molar-refractivity contribution in [2.75, 3.05) is 13.2 Å². The van der Waals surface area contributed by atoms with Gasteiger partial charge in [-0.1, -0.05) is 6.92 Å². The van der Waals surface area contributed by atoms with E-state index in [4.69, 9.17) is 5.11 Å². The van der Waals surface area contributed by atoms with Crippen LogP contribution < -0.4 is 0 Å². The minimum atomic E-state index is -0.454. The summed E-state index contributed by atoms with van der Waals surface area (Å²) in [6.07, 6.45) is 2.46. The summed E-state index contributed by atoms with van der Waals surface area (Å²) in [6, 6.07) is 0. The quantitative estimate of drug-likeness (QED) is 0.622. The molecular weight excluding hydrogens is 198 g/mol. The molecule has 5 heteroatoms. The predicted molar refractivity (Wildman–Crippen MR) is 51.7 cm³/mol. The summed E-state index contributed by atoms with van der Waals surface area (Å²) in [5.41, 5.74) is 0. The Balaban J connectivity index is 2.45. The molecule has 1 rings (SSSR count). The number of aliphatic hydroxyl groups excluding tert-OH is 1. The Kier molecular flexibility index (Phi) is 3.74. The number of hydrogen-bond donors (Lipinski definition) is 1. The molecule has 0 aromatic rings. The van der Waals surface area contributed by atoms with Gasteiger partial charge in [-0.15, -0.1) is 0 Å². The number of hydrogen-bond acceptors (Lipinski definition) is 4. The maximum absolute atomic E-state index is 11.4. The molecule has 1 aliphatic rings. The molecule has 0 saturated heterocycles. The van der Waals surface area contributed by atoms with Crippen molar-refractivity contribution < 1.29 is 19.5 Å². The third kappa shape index (κ3) is 2.99. The van der Waals surface area contributed by atoms with Crippen LogP contribution in [-0.4, -0.2) is 40.8 Å². The Hall–Kier alpha value is -1.49. The molecule has 1 N–H and O–H groups in total. The third-order valence-electron chi connectivity index (χ3n) is 2.12. The van der Waals surface area contributed by atoms with Crippen molar-refractivity contribution in [2.24, 2.45) is 5.92 Å². The van der Waals surface area contributed by atoms with Gasteiger partial charge in [0, 0.05) is 25.2 Å². The van der Waals surface area contributed by atoms with Crippen molar-refractivity contribution in [3.63, 3.8) is 0 Å². The molecule has 2 amide bonds. The molecule has 1 aliphatic heterocycles. The van der Waals surface area contributed by atoms with Gasteiger partial charge in [-0.3, -0.25) is 19.3 Å². The molecule has 1 heterocycles. The zero-order valence-corrected chi connectivity index (χ0v) is 8.47. The van der Waals surface area contributed by atoms with Crippen LogP contribution in [0.5, 0.6) is 0 Å². The van der Waals surface area contributed by atoms with E-state index in [1.807, 2.05) is 0 Å². The second-order valence-electron chi connectivity index (χ2n) is 3.63. The molecule has 82 valence electrons. The average Bonchev–Trinajstić information content (AvgIpc) is 2.49. The maximum atomic E-state index is 11.4. The molecule has 0 aliphatic carbocycles. The summed E-state index contributed by atoms with van der Waals surface area (Å²) < 4.78 is 0. The lowest BCUT2D eigenvalue weighted by Gasteiger charge is -2.13. The van der Waals surface area contributed by atoms with E-state index in [0.717, 1.165) is 17.1 Å². The fourth-order valence-electron chi connectivity index (χ4n) is 1.28. The number of Topliss-reactive ketones (excluding diaryl/α,β-unsaturated/α-hetero) is 1. The van der Waals surface area contributed by atoms with Crippen LogP contribution in [0.3, 0.4) is 0 Å². The highest BCUT2D eigenvalue weighted by molar-refractivity contribution is 6.14. The van der Waals surface area contributed by atoms with Crippen molar-refractivity contribution >= 4 is 17.6 Å². The fraction of sp³-hybridized carbons (Fsp3) is 0.500. The topological polar surface area (TPSA) is 74.7 Å². The predicted octanol–water partition coefficient (Wildman–Crippen LogP) is -0.501. The third-order valence-corrected chi connectivity index (χ3v) is 2.12. The zero-order chi connectivity index (χ0) is 11.4. The number of carbonyl (C=O) groups is 3. The van der Waals surface area contributed by atoms with Gasteiger partial charge in [0.15, 0.2) is 5.78 Å². The van der Waals surface area contributed by atoms with Crippen molar-refractivity contribution in [1.82, 2.24) is 4.90 Å². The molecule has 0 bridgehead atoms. The lowest BCUT2D eigenvalue weighted by Crippen LogP contribution is -2.35. The van der Waals surface area contributed by atoms with E-state index in [1.165, 1.54) is 0 Å². The Morgan fingerprint density at radius 1 is 1.40 bits per heavy atom. The number of carbonyl (C=O) groups excluding carboxylic acids is 3. The van der Waals surface area contributed by atoms with Crippen LogP contribution in [0.4, 0.5) is 0 Å². The normalized spacial score (nSPS) is 17.3. The van der Waals surface area contributed by atoms with Gasteiger partial charge >= 0.3 is 0 Å². The lowest BCUT2D eigenvalue weighted by atomic mass is 10.1. The Labute approximate surface area is 87.4 Å². The fourth-order valence-corrected chi connectivity index (χ4v) is 1.28. The van der Waals surface area contributed by atoms with E-state index in [9.17, 15) is 14.4 Å². The van der Waals surface area contributed by atoms with Crippen LogP contribution in [0.25, 0.3) is 0 Å². The monoisotopic (exact) mass is 211 g/mol. The second-order valence-corrected chi connectivity index (χ2v) is 3.63. The van der Waals surface area contributed by atoms with E-state index in [2.05, 4.69) is 0 Å². The van der Waals surface area contributed by atoms with Crippen molar-refractivity contribution in [3.05, 3.63) is 12.2 Å². The lowest BCUT2D eigenvalue weighted by molar-refractivity contribution is -0.140. The van der Waals surface area contributed by atoms with Crippen LogP contribution in [0.1, 0.15) is 13.3 Å². The van der Waals surface area contributed by atoms with E-state index in [-0.39, 0.29) is 31.3 Å². The Morgan fingerprint density at radius 2 is 1.93 bits per heavy atom. The molecule has 0 aromatic carbocycles. The van der Waals surface area contributed by atoms with Crippen LogP contribution >= 0.6 is 0 Å². The van der Waals surface area contributed by atoms with Gasteiger partial charge < -0.3 is 5.11 Å². The molecule has 5 nitrogen and oxygen atoms in total. The highest BCUT2D eigenvalue weighted by atomic mass is 16.3. The number of aliphatic hydroxyl groups is 1. The molecular formula is C10H13NO4. The van der Waals surface area contributed by atoms with Gasteiger partial charge in [0.1, 0.15) is 0 Å². The first kappa shape index (κ1) is 11.6. The highest BCUT2D eigenvalue weighted by Gasteiger charge is 2.25. The van der Waals surface area contributed by atoms with Gasteiger partial charge in [0.2, 0.25) is 0 Å². The number of amides is 2. The number of rotatable bonds is 5. The highest BCUT2D eigenvalue weighted by Crippen LogP contribution is 2.06. The smallest absolute Gasteiger partial charge is 0.254 e. The zero-order valence-electron chi connectivity index (χ0n) is 8.47. The first-order valence-electron chi connectivity index (χ1n) is 4.70. The van der Waals surface area contributed by atoms with Gasteiger partial charge in [0.25, 0.3) is 11.8 Å². The minimum Gasteiger partial charge on any atom is -0.396 e. The average molecular weight is 211 g/mol. The summed E-state index contributed by atoms with van der Waals surface area (Å²) in [5, 5.41) is 8.74. The second kappa shape index (κ2) is 4.84. The molecule has 0 spiro atoms. The SMILES string of the molecule is CC(CO)CC(=O)CN1C(=O)C=CC1=O. The molecule has 1 atom stereocenters. The molecule has 0 aromatic heterocycles. The van der Waals surface area contributed by atoms with E-state index < -0.39 is 11.8 Å². The van der Waals surface area contributed by atoms with Crippen LogP contribution in [0, 0.1) is 5.92 Å². The summed E-state index contributed by atoms with van der Waals surface area (Å²) in [7, 11) is 0. The number of ketones is 1. The first-order valence-corrected chi connectivity index (χ1v) is 4.70.